The van der Waals surface area contributed by atoms with E-state index >= 15 is 0 Å². The van der Waals surface area contributed by atoms with Crippen molar-refractivity contribution in [2.24, 2.45) is 0 Å². The van der Waals surface area contributed by atoms with Gasteiger partial charge in [0.25, 0.3) is 0 Å². The van der Waals surface area contributed by atoms with E-state index in [-0.39, 0.29) is 0 Å². The Hall–Kier alpha value is -3.32. The Morgan fingerprint density at radius 2 is 1.84 bits per heavy atom. The minimum absolute atomic E-state index is 0.560. The summed E-state index contributed by atoms with van der Waals surface area (Å²) in [5.41, 5.74) is 4.30. The summed E-state index contributed by atoms with van der Waals surface area (Å²) in [6.07, 6.45) is 2.81. The summed E-state index contributed by atoms with van der Waals surface area (Å²) in [5, 5.41) is 3.26. The summed E-state index contributed by atoms with van der Waals surface area (Å²) in [5.74, 6) is 2.93. The fraction of sp³-hybridized carbons (Fsp3) is 0.333. The van der Waals surface area contributed by atoms with Crippen molar-refractivity contribution in [3.05, 3.63) is 65.5 Å². The van der Waals surface area contributed by atoms with Crippen molar-refractivity contribution in [3.8, 4) is 17.2 Å². The number of methoxy groups -OCH3 is 2. The Morgan fingerprint density at radius 3 is 2.58 bits per heavy atom. The van der Waals surface area contributed by atoms with Crippen LogP contribution in [0.1, 0.15) is 23.7 Å². The van der Waals surface area contributed by atoms with E-state index in [1.165, 1.54) is 11.1 Å². The molecule has 0 radical (unpaired) electrons. The minimum Gasteiger partial charge on any atom is -0.497 e. The molecule has 1 aliphatic heterocycles. The van der Waals surface area contributed by atoms with E-state index in [1.807, 2.05) is 43.5 Å². The van der Waals surface area contributed by atoms with Crippen LogP contribution in [0, 0.1) is 0 Å². The number of fused-ring (bicyclic) bond motifs is 1. The third-order valence-corrected chi connectivity index (χ3v) is 5.31. The molecule has 4 rings (SSSR count). The molecule has 0 amide bonds. The molecule has 0 aliphatic carbocycles. The van der Waals surface area contributed by atoms with E-state index in [9.17, 15) is 0 Å². The van der Waals surface area contributed by atoms with Crippen LogP contribution in [0.2, 0.25) is 0 Å². The van der Waals surface area contributed by atoms with Gasteiger partial charge >= 0.3 is 0 Å². The van der Waals surface area contributed by atoms with Gasteiger partial charge in [-0.3, -0.25) is 4.90 Å². The normalized spacial score (nSPS) is 13.4. The van der Waals surface area contributed by atoms with Crippen LogP contribution >= 0.6 is 0 Å². The summed E-state index contributed by atoms with van der Waals surface area (Å²) in [6.45, 7) is 5.37. The molecule has 7 heteroatoms. The highest BCUT2D eigenvalue weighted by Crippen LogP contribution is 2.31. The van der Waals surface area contributed by atoms with E-state index in [4.69, 9.17) is 19.2 Å². The third-order valence-electron chi connectivity index (χ3n) is 5.31. The number of hydrogen-bond acceptors (Lipinski definition) is 7. The molecule has 0 spiro atoms. The van der Waals surface area contributed by atoms with Crippen molar-refractivity contribution < 1.29 is 14.2 Å². The van der Waals surface area contributed by atoms with Crippen molar-refractivity contribution in [2.75, 3.05) is 32.7 Å². The first-order valence-electron chi connectivity index (χ1n) is 10.5. The second-order valence-electron chi connectivity index (χ2n) is 7.39. The van der Waals surface area contributed by atoms with Crippen LogP contribution in [0.15, 0.2) is 48.7 Å². The van der Waals surface area contributed by atoms with E-state index < -0.39 is 0 Å². The summed E-state index contributed by atoms with van der Waals surface area (Å²) >= 11 is 0. The molecule has 2 heterocycles. The van der Waals surface area contributed by atoms with E-state index in [0.717, 1.165) is 48.9 Å². The number of ether oxygens (including phenoxy) is 3. The predicted molar refractivity (Wildman–Crippen MR) is 120 cm³/mol. The Morgan fingerprint density at radius 1 is 1.03 bits per heavy atom. The lowest BCUT2D eigenvalue weighted by Gasteiger charge is -2.28. The van der Waals surface area contributed by atoms with Gasteiger partial charge < -0.3 is 19.5 Å². The Labute approximate surface area is 183 Å². The Balaban J connectivity index is 1.43. The molecule has 1 N–H and O–H groups in total. The lowest BCUT2D eigenvalue weighted by atomic mass is 10.1. The maximum absolute atomic E-state index is 5.53. The zero-order valence-corrected chi connectivity index (χ0v) is 18.2. The van der Waals surface area contributed by atoms with Crippen LogP contribution in [0.5, 0.6) is 17.2 Å². The van der Waals surface area contributed by atoms with E-state index in [0.29, 0.717) is 18.3 Å². The SMILES string of the molecule is CCOc1ccc(CN2CCc3nc(Nc4cc(OC)ccc4OC)ncc3C2)cc1. The minimum atomic E-state index is 0.560. The predicted octanol–water partition coefficient (Wildman–Crippen LogP) is 4.19. The summed E-state index contributed by atoms with van der Waals surface area (Å²) in [4.78, 5) is 11.7. The number of anilines is 2. The molecule has 162 valence electrons. The van der Waals surface area contributed by atoms with Crippen molar-refractivity contribution in [1.29, 1.82) is 0 Å². The zero-order valence-electron chi connectivity index (χ0n) is 18.2. The van der Waals surface area contributed by atoms with Gasteiger partial charge in [-0.25, -0.2) is 9.97 Å². The number of benzene rings is 2. The quantitative estimate of drug-likeness (QED) is 0.586. The van der Waals surface area contributed by atoms with Crippen LogP contribution in [0.4, 0.5) is 11.6 Å². The molecule has 0 fully saturated rings. The van der Waals surface area contributed by atoms with Crippen LogP contribution in [-0.4, -0.2) is 42.2 Å². The molecule has 31 heavy (non-hydrogen) atoms. The summed E-state index contributed by atoms with van der Waals surface area (Å²) in [7, 11) is 3.28. The average molecular weight is 421 g/mol. The second-order valence-corrected chi connectivity index (χ2v) is 7.39. The maximum Gasteiger partial charge on any atom is 0.227 e. The molecule has 0 unspecified atom stereocenters. The summed E-state index contributed by atoms with van der Waals surface area (Å²) in [6, 6.07) is 13.9. The maximum atomic E-state index is 5.53. The lowest BCUT2D eigenvalue weighted by Crippen LogP contribution is -2.31. The van der Waals surface area contributed by atoms with E-state index in [2.05, 4.69) is 27.3 Å². The second kappa shape index (κ2) is 9.66. The molecule has 7 nitrogen and oxygen atoms in total. The van der Waals surface area contributed by atoms with Crippen LogP contribution < -0.4 is 19.5 Å². The van der Waals surface area contributed by atoms with Gasteiger partial charge in [-0.05, 0) is 36.8 Å². The molecule has 2 aromatic carbocycles. The molecule has 0 saturated heterocycles. The fourth-order valence-electron chi connectivity index (χ4n) is 3.72. The van der Waals surface area contributed by atoms with Gasteiger partial charge in [0.2, 0.25) is 5.95 Å². The van der Waals surface area contributed by atoms with Crippen LogP contribution in [0.25, 0.3) is 0 Å². The van der Waals surface area contributed by atoms with Crippen molar-refractivity contribution in [1.82, 2.24) is 14.9 Å². The molecule has 0 atom stereocenters. The third kappa shape index (κ3) is 5.06. The molecule has 1 aliphatic rings. The highest BCUT2D eigenvalue weighted by Gasteiger charge is 2.19. The van der Waals surface area contributed by atoms with E-state index in [1.54, 1.807) is 14.2 Å². The number of aromatic nitrogens is 2. The van der Waals surface area contributed by atoms with Gasteiger partial charge in [-0.2, -0.15) is 0 Å². The van der Waals surface area contributed by atoms with Crippen molar-refractivity contribution in [2.45, 2.75) is 26.4 Å². The molecular weight excluding hydrogens is 392 g/mol. The molecule has 3 aromatic rings. The molecular formula is C24H28N4O3. The van der Waals surface area contributed by atoms with Gasteiger partial charge in [-0.15, -0.1) is 0 Å². The lowest BCUT2D eigenvalue weighted by molar-refractivity contribution is 0.243. The number of nitrogens with one attached hydrogen (secondary N) is 1. The Kier molecular flexibility index (Phi) is 6.52. The molecule has 0 bridgehead atoms. The number of rotatable bonds is 8. The van der Waals surface area contributed by atoms with Crippen molar-refractivity contribution in [3.63, 3.8) is 0 Å². The first-order chi connectivity index (χ1) is 15.2. The van der Waals surface area contributed by atoms with Gasteiger partial charge in [-0.1, -0.05) is 12.1 Å². The molecule has 0 saturated carbocycles. The Bertz CT molecular complexity index is 1020. The fourth-order valence-corrected chi connectivity index (χ4v) is 3.72. The first kappa shape index (κ1) is 20.9. The monoisotopic (exact) mass is 420 g/mol. The smallest absolute Gasteiger partial charge is 0.227 e. The topological polar surface area (TPSA) is 68.7 Å². The van der Waals surface area contributed by atoms with Crippen molar-refractivity contribution >= 4 is 11.6 Å². The standard InChI is InChI=1S/C24H28N4O3/c1-4-31-19-7-5-17(6-8-19)15-28-12-11-21-18(16-28)14-25-24(26-21)27-22-13-20(29-2)9-10-23(22)30-3/h5-10,13-14H,4,11-12,15-16H2,1-3H3,(H,25,26,27). The van der Waals surface area contributed by atoms with Crippen LogP contribution in [0.3, 0.4) is 0 Å². The number of nitrogens with zero attached hydrogens (tertiary/aromatic N) is 3. The van der Waals surface area contributed by atoms with Gasteiger partial charge in [0.1, 0.15) is 17.2 Å². The number of hydrogen-bond donors (Lipinski definition) is 1. The summed E-state index contributed by atoms with van der Waals surface area (Å²) < 4.78 is 16.3. The zero-order chi connectivity index (χ0) is 21.6. The van der Waals surface area contributed by atoms with Gasteiger partial charge in [0, 0.05) is 43.9 Å². The van der Waals surface area contributed by atoms with Crippen LogP contribution in [-0.2, 0) is 19.5 Å². The molecule has 1 aromatic heterocycles. The van der Waals surface area contributed by atoms with Gasteiger partial charge in [0.05, 0.1) is 32.2 Å². The largest absolute Gasteiger partial charge is 0.497 e. The first-order valence-corrected chi connectivity index (χ1v) is 10.5. The highest BCUT2D eigenvalue weighted by atomic mass is 16.5. The highest BCUT2D eigenvalue weighted by molar-refractivity contribution is 5.65. The van der Waals surface area contributed by atoms with Gasteiger partial charge in [0.15, 0.2) is 0 Å². The average Bonchev–Trinajstić information content (AvgIpc) is 2.80.